The van der Waals surface area contributed by atoms with E-state index in [1.165, 1.54) is 25.7 Å². The molecule has 0 saturated heterocycles. The molecule has 4 aliphatic rings. The van der Waals surface area contributed by atoms with Gasteiger partial charge in [-0.3, -0.25) is 14.4 Å². The molecule has 4 aliphatic carbocycles. The van der Waals surface area contributed by atoms with Crippen LogP contribution in [0, 0.1) is 34.9 Å². The zero-order valence-electron chi connectivity index (χ0n) is 25.7. The Bertz CT molecular complexity index is 1180. The van der Waals surface area contributed by atoms with Crippen molar-refractivity contribution in [2.24, 2.45) is 29.1 Å². The van der Waals surface area contributed by atoms with Gasteiger partial charge in [-0.1, -0.05) is 13.3 Å². The van der Waals surface area contributed by atoms with Crippen LogP contribution in [0.5, 0.6) is 11.5 Å². The minimum absolute atomic E-state index is 0.0161. The van der Waals surface area contributed by atoms with E-state index in [4.69, 9.17) is 14.2 Å². The molecule has 4 saturated carbocycles. The highest BCUT2D eigenvalue weighted by Crippen LogP contribution is 2.49. The molecule has 0 aromatic heterocycles. The van der Waals surface area contributed by atoms with Gasteiger partial charge >= 0.3 is 5.97 Å². The zero-order valence-corrected chi connectivity index (χ0v) is 25.7. The number of carbonyl (C=O) groups excluding carboxylic acids is 3. The van der Waals surface area contributed by atoms with E-state index in [1.807, 2.05) is 20.8 Å². The quantitative estimate of drug-likeness (QED) is 0.367. The molecule has 8 nitrogen and oxygen atoms in total. The van der Waals surface area contributed by atoms with Gasteiger partial charge in [0.05, 0.1) is 30.6 Å². The van der Waals surface area contributed by atoms with Gasteiger partial charge in [0.2, 0.25) is 5.91 Å². The lowest BCUT2D eigenvalue weighted by atomic mass is 9.70. The Balaban J connectivity index is 1.24. The van der Waals surface area contributed by atoms with Gasteiger partial charge < -0.3 is 24.8 Å². The Morgan fingerprint density at radius 2 is 1.69 bits per heavy atom. The van der Waals surface area contributed by atoms with Crippen molar-refractivity contribution in [2.75, 3.05) is 13.7 Å². The van der Waals surface area contributed by atoms with E-state index < -0.39 is 17.3 Å². The van der Waals surface area contributed by atoms with Crippen LogP contribution in [0.3, 0.4) is 0 Å². The van der Waals surface area contributed by atoms with Crippen molar-refractivity contribution in [3.05, 3.63) is 23.5 Å². The first kappa shape index (κ1) is 30.6. The van der Waals surface area contributed by atoms with Crippen molar-refractivity contribution >= 4 is 17.8 Å². The van der Waals surface area contributed by atoms with E-state index in [1.54, 1.807) is 0 Å². The lowest BCUT2D eigenvalue weighted by molar-refractivity contribution is -0.161. The second-order valence-electron chi connectivity index (χ2n) is 14.3. The summed E-state index contributed by atoms with van der Waals surface area (Å²) in [7, 11) is 1.40. The van der Waals surface area contributed by atoms with E-state index in [2.05, 4.69) is 17.6 Å². The van der Waals surface area contributed by atoms with Gasteiger partial charge in [-0.05, 0) is 102 Å². The van der Waals surface area contributed by atoms with E-state index in [0.29, 0.717) is 32.2 Å². The first-order chi connectivity index (χ1) is 19.9. The van der Waals surface area contributed by atoms with Crippen molar-refractivity contribution in [3.63, 3.8) is 0 Å². The lowest BCUT2D eigenvalue weighted by Crippen LogP contribution is -2.51. The fraction of sp³-hybridized carbons (Fsp3) is 0.727. The molecule has 9 heteroatoms. The monoisotopic (exact) mass is 586 g/mol. The topological polar surface area (TPSA) is 103 Å². The summed E-state index contributed by atoms with van der Waals surface area (Å²) in [6.07, 6.45) is 8.45. The van der Waals surface area contributed by atoms with Crippen LogP contribution in [-0.2, 0) is 14.3 Å². The van der Waals surface area contributed by atoms with Crippen molar-refractivity contribution in [2.45, 2.75) is 110 Å². The average Bonchev–Trinajstić information content (AvgIpc) is 3.53. The maximum absolute atomic E-state index is 15.1. The Morgan fingerprint density at radius 3 is 2.31 bits per heavy atom. The van der Waals surface area contributed by atoms with Crippen molar-refractivity contribution in [3.8, 4) is 11.5 Å². The van der Waals surface area contributed by atoms with Crippen LogP contribution >= 0.6 is 0 Å². The molecule has 4 unspecified atom stereocenters. The van der Waals surface area contributed by atoms with Crippen LogP contribution in [0.25, 0.3) is 0 Å². The molecule has 0 radical (unpaired) electrons. The van der Waals surface area contributed by atoms with Crippen LogP contribution in [-0.4, -0.2) is 49.2 Å². The van der Waals surface area contributed by atoms with Gasteiger partial charge in [-0.2, -0.15) is 0 Å². The fourth-order valence-corrected chi connectivity index (χ4v) is 7.43. The van der Waals surface area contributed by atoms with Crippen LogP contribution < -0.4 is 20.1 Å². The molecular weight excluding hydrogens is 539 g/mol. The zero-order chi connectivity index (χ0) is 30.2. The summed E-state index contributed by atoms with van der Waals surface area (Å²) in [6, 6.07) is 2.32. The molecule has 232 valence electrons. The highest BCUT2D eigenvalue weighted by molar-refractivity contribution is 5.98. The Kier molecular flexibility index (Phi) is 8.77. The minimum atomic E-state index is -0.612. The number of hydrogen-bond donors (Lipinski definition) is 2. The lowest BCUT2D eigenvalue weighted by Gasteiger charge is -2.39. The van der Waals surface area contributed by atoms with Crippen molar-refractivity contribution in [1.82, 2.24) is 10.6 Å². The summed E-state index contributed by atoms with van der Waals surface area (Å²) < 4.78 is 32.0. The van der Waals surface area contributed by atoms with Crippen molar-refractivity contribution in [1.29, 1.82) is 0 Å². The predicted molar refractivity (Wildman–Crippen MR) is 156 cm³/mol. The van der Waals surface area contributed by atoms with E-state index in [9.17, 15) is 14.4 Å². The number of hydrogen-bond acceptors (Lipinski definition) is 6. The number of ether oxygens (including phenoxy) is 3. The molecule has 2 N–H and O–H groups in total. The van der Waals surface area contributed by atoms with Gasteiger partial charge in [0.15, 0.2) is 11.6 Å². The Labute approximate surface area is 248 Å². The average molecular weight is 587 g/mol. The largest absolute Gasteiger partial charge is 0.496 e. The molecular formula is C33H47FN2O6. The number of esters is 1. The highest BCUT2D eigenvalue weighted by atomic mass is 19.1. The van der Waals surface area contributed by atoms with Crippen LogP contribution in [0.15, 0.2) is 12.1 Å². The standard InChI is InChI=1S/C33H47FN2O6/c1-32(2,3)42-31(39)19-9-11-22(12-10-19)41-26-16-23(25(40-5)17-24(26)34)29(37)36-28-21-8-7-20(15-21)27(28)30(38)35-18-33(4)13-6-14-33/h16-17,19-22,27-28H,6-15,18H2,1-5H3,(H,35,38)(H,36,37). The maximum Gasteiger partial charge on any atom is 0.309 e. The third kappa shape index (κ3) is 6.70. The molecule has 4 atom stereocenters. The molecule has 4 fully saturated rings. The molecule has 0 aliphatic heterocycles. The third-order valence-electron chi connectivity index (χ3n) is 9.97. The number of fused-ring (bicyclic) bond motifs is 2. The predicted octanol–water partition coefficient (Wildman–Crippen LogP) is 5.56. The van der Waals surface area contributed by atoms with Gasteiger partial charge in [-0.25, -0.2) is 4.39 Å². The summed E-state index contributed by atoms with van der Waals surface area (Å²) in [5, 5.41) is 6.32. The van der Waals surface area contributed by atoms with Gasteiger partial charge in [0, 0.05) is 18.7 Å². The Morgan fingerprint density at radius 1 is 1.00 bits per heavy atom. The van der Waals surface area contributed by atoms with Gasteiger partial charge in [-0.15, -0.1) is 0 Å². The second-order valence-corrected chi connectivity index (χ2v) is 14.3. The summed E-state index contributed by atoms with van der Waals surface area (Å²) >= 11 is 0. The molecule has 5 rings (SSSR count). The van der Waals surface area contributed by atoms with Gasteiger partial charge in [0.25, 0.3) is 5.91 Å². The minimum Gasteiger partial charge on any atom is -0.496 e. The number of halogens is 1. The maximum atomic E-state index is 15.1. The third-order valence-corrected chi connectivity index (χ3v) is 9.97. The van der Waals surface area contributed by atoms with E-state index in [-0.39, 0.29) is 70.2 Å². The van der Waals surface area contributed by atoms with E-state index >= 15 is 4.39 Å². The van der Waals surface area contributed by atoms with Crippen LogP contribution in [0.2, 0.25) is 0 Å². The number of amides is 2. The number of nitrogens with one attached hydrogen (secondary N) is 2. The number of rotatable bonds is 9. The summed E-state index contributed by atoms with van der Waals surface area (Å²) in [5.74, 6) is -1.04. The number of benzene rings is 1. The van der Waals surface area contributed by atoms with Gasteiger partial charge in [0.1, 0.15) is 11.4 Å². The molecule has 2 bridgehead atoms. The molecule has 1 aromatic carbocycles. The molecule has 0 heterocycles. The molecule has 0 spiro atoms. The van der Waals surface area contributed by atoms with Crippen molar-refractivity contribution < 1.29 is 33.0 Å². The number of methoxy groups -OCH3 is 1. The summed E-state index contributed by atoms with van der Waals surface area (Å²) in [5.41, 5.74) is -0.178. The summed E-state index contributed by atoms with van der Waals surface area (Å²) in [4.78, 5) is 39.4. The molecule has 1 aromatic rings. The first-order valence-electron chi connectivity index (χ1n) is 15.7. The molecule has 42 heavy (non-hydrogen) atoms. The summed E-state index contributed by atoms with van der Waals surface area (Å²) in [6.45, 7) is 8.43. The van der Waals surface area contributed by atoms with Crippen LogP contribution in [0.4, 0.5) is 4.39 Å². The fourth-order valence-electron chi connectivity index (χ4n) is 7.43. The van der Waals surface area contributed by atoms with E-state index in [0.717, 1.165) is 32.1 Å². The Hall–Kier alpha value is -2.84. The highest BCUT2D eigenvalue weighted by Gasteiger charge is 2.51. The SMILES string of the molecule is COc1cc(F)c(OC2CCC(C(=O)OC(C)(C)C)CC2)cc1C(=O)NC1C2CCC(C2)C1C(=O)NCC1(C)CCC1. The first-order valence-corrected chi connectivity index (χ1v) is 15.7. The number of carbonyl (C=O) groups is 3. The van der Waals surface area contributed by atoms with Crippen LogP contribution in [0.1, 0.15) is 102 Å². The second kappa shape index (κ2) is 12.0. The normalized spacial score (nSPS) is 29.8. The smallest absolute Gasteiger partial charge is 0.309 e. The molecule has 2 amide bonds.